The number of esters is 1. The minimum absolute atomic E-state index is 0.410. The zero-order chi connectivity index (χ0) is 16.7. The van der Waals surface area contributed by atoms with Gasteiger partial charge in [0.15, 0.2) is 12.7 Å². The third-order valence-corrected chi connectivity index (χ3v) is 3.21. The summed E-state index contributed by atoms with van der Waals surface area (Å²) in [6, 6.07) is 15.7. The maximum absolute atomic E-state index is 11.8. The van der Waals surface area contributed by atoms with E-state index in [9.17, 15) is 9.59 Å². The molecule has 0 saturated carbocycles. The van der Waals surface area contributed by atoms with Crippen LogP contribution in [0.2, 0.25) is 5.02 Å². The lowest BCUT2D eigenvalue weighted by Gasteiger charge is -2.14. The summed E-state index contributed by atoms with van der Waals surface area (Å²) < 4.78 is 10.3. The molecule has 0 saturated heterocycles. The largest absolute Gasteiger partial charge is 0.479 e. The highest BCUT2D eigenvalue weighted by Crippen LogP contribution is 2.20. The normalized spacial score (nSPS) is 11.4. The van der Waals surface area contributed by atoms with E-state index in [2.05, 4.69) is 5.32 Å². The van der Waals surface area contributed by atoms with Gasteiger partial charge in [-0.05, 0) is 31.2 Å². The first-order chi connectivity index (χ1) is 11.1. The Bertz CT molecular complexity index is 675. The second-order valence-electron chi connectivity index (χ2n) is 4.71. The molecule has 0 aliphatic carbocycles. The monoisotopic (exact) mass is 333 g/mol. The number of para-hydroxylation sites is 2. The molecule has 0 heterocycles. The van der Waals surface area contributed by atoms with Crippen molar-refractivity contribution < 1.29 is 19.1 Å². The van der Waals surface area contributed by atoms with E-state index in [0.717, 1.165) is 0 Å². The molecule has 0 bridgehead atoms. The van der Waals surface area contributed by atoms with E-state index >= 15 is 0 Å². The maximum atomic E-state index is 11.8. The topological polar surface area (TPSA) is 64.6 Å². The number of amides is 1. The minimum atomic E-state index is -0.814. The summed E-state index contributed by atoms with van der Waals surface area (Å²) in [4.78, 5) is 23.6. The number of rotatable bonds is 6. The van der Waals surface area contributed by atoms with Gasteiger partial charge in [0.1, 0.15) is 5.75 Å². The van der Waals surface area contributed by atoms with Gasteiger partial charge < -0.3 is 14.8 Å². The van der Waals surface area contributed by atoms with Crippen LogP contribution in [0.15, 0.2) is 54.6 Å². The van der Waals surface area contributed by atoms with Crippen LogP contribution in [0.3, 0.4) is 0 Å². The summed E-state index contributed by atoms with van der Waals surface area (Å²) in [5.41, 5.74) is 0.462. The number of carbonyl (C=O) groups excluding carboxylic acids is 2. The fourth-order valence-corrected chi connectivity index (χ4v) is 1.94. The molecular weight excluding hydrogens is 318 g/mol. The Balaban J connectivity index is 1.79. The number of hydrogen-bond donors (Lipinski definition) is 1. The highest BCUT2D eigenvalue weighted by molar-refractivity contribution is 6.33. The highest BCUT2D eigenvalue weighted by atomic mass is 35.5. The van der Waals surface area contributed by atoms with Gasteiger partial charge in [-0.2, -0.15) is 0 Å². The Morgan fingerprint density at radius 2 is 1.74 bits per heavy atom. The van der Waals surface area contributed by atoms with Gasteiger partial charge in [0, 0.05) is 0 Å². The van der Waals surface area contributed by atoms with E-state index in [1.165, 1.54) is 0 Å². The second-order valence-corrected chi connectivity index (χ2v) is 5.12. The van der Waals surface area contributed by atoms with Crippen molar-refractivity contribution in [2.75, 3.05) is 11.9 Å². The average Bonchev–Trinajstić information content (AvgIpc) is 2.55. The summed E-state index contributed by atoms with van der Waals surface area (Å²) in [6.45, 7) is 1.15. The van der Waals surface area contributed by atoms with Crippen molar-refractivity contribution in [1.82, 2.24) is 0 Å². The smallest absolute Gasteiger partial charge is 0.347 e. The first kappa shape index (κ1) is 16.8. The van der Waals surface area contributed by atoms with E-state index < -0.39 is 24.6 Å². The van der Waals surface area contributed by atoms with Crippen LogP contribution in [-0.4, -0.2) is 24.6 Å². The van der Waals surface area contributed by atoms with Crippen molar-refractivity contribution in [3.05, 3.63) is 59.6 Å². The Morgan fingerprint density at radius 1 is 1.09 bits per heavy atom. The molecule has 0 fully saturated rings. The van der Waals surface area contributed by atoms with E-state index in [0.29, 0.717) is 16.5 Å². The zero-order valence-corrected chi connectivity index (χ0v) is 13.2. The predicted molar refractivity (Wildman–Crippen MR) is 87.6 cm³/mol. The third-order valence-electron chi connectivity index (χ3n) is 2.88. The van der Waals surface area contributed by atoms with Gasteiger partial charge in [-0.25, -0.2) is 4.79 Å². The fraction of sp³-hybridized carbons (Fsp3) is 0.176. The number of anilines is 1. The van der Waals surface area contributed by atoms with Crippen LogP contribution in [0.1, 0.15) is 6.92 Å². The molecule has 0 radical (unpaired) electrons. The van der Waals surface area contributed by atoms with Crippen LogP contribution in [0.25, 0.3) is 0 Å². The first-order valence-electron chi connectivity index (χ1n) is 6.99. The number of ether oxygens (including phenoxy) is 2. The van der Waals surface area contributed by atoms with Crippen LogP contribution in [0, 0.1) is 0 Å². The molecule has 0 aromatic heterocycles. The number of benzene rings is 2. The minimum Gasteiger partial charge on any atom is -0.479 e. The lowest BCUT2D eigenvalue weighted by Crippen LogP contribution is -2.29. The van der Waals surface area contributed by atoms with Crippen molar-refractivity contribution in [1.29, 1.82) is 0 Å². The summed E-state index contributed by atoms with van der Waals surface area (Å²) in [5.74, 6) is -0.543. The molecule has 0 spiro atoms. The summed E-state index contributed by atoms with van der Waals surface area (Å²) in [5, 5.41) is 2.98. The van der Waals surface area contributed by atoms with Gasteiger partial charge in [-0.1, -0.05) is 41.9 Å². The van der Waals surface area contributed by atoms with E-state index in [1.807, 2.05) is 6.07 Å². The molecule has 2 aromatic rings. The van der Waals surface area contributed by atoms with Gasteiger partial charge in [0.05, 0.1) is 10.7 Å². The second kappa shape index (κ2) is 8.19. The summed E-state index contributed by atoms with van der Waals surface area (Å²) in [6.07, 6.45) is -0.814. The molecule has 5 nitrogen and oxygen atoms in total. The van der Waals surface area contributed by atoms with E-state index in [-0.39, 0.29) is 0 Å². The van der Waals surface area contributed by atoms with Crippen LogP contribution in [0.4, 0.5) is 5.69 Å². The van der Waals surface area contributed by atoms with Crippen molar-refractivity contribution in [2.45, 2.75) is 13.0 Å². The average molecular weight is 334 g/mol. The molecule has 2 rings (SSSR count). The Labute approximate surface area is 139 Å². The number of nitrogens with one attached hydrogen (secondary N) is 1. The Hall–Kier alpha value is -2.53. The standard InChI is InChI=1S/C17H16ClNO4/c1-12(23-13-7-3-2-4-8-13)17(21)22-11-16(20)19-15-10-6-5-9-14(15)18/h2-10,12H,11H2,1H3,(H,19,20)/t12-/m0/s1. The van der Waals surface area contributed by atoms with Gasteiger partial charge in [0.25, 0.3) is 5.91 Å². The number of hydrogen-bond acceptors (Lipinski definition) is 4. The summed E-state index contributed by atoms with van der Waals surface area (Å²) >= 11 is 5.93. The molecule has 1 N–H and O–H groups in total. The van der Waals surface area contributed by atoms with Crippen molar-refractivity contribution in [2.24, 2.45) is 0 Å². The molecular formula is C17H16ClNO4. The van der Waals surface area contributed by atoms with E-state index in [1.54, 1.807) is 55.5 Å². The van der Waals surface area contributed by atoms with Gasteiger partial charge in [0.2, 0.25) is 0 Å². The quantitative estimate of drug-likeness (QED) is 0.824. The van der Waals surface area contributed by atoms with Gasteiger partial charge in [-0.15, -0.1) is 0 Å². The lowest BCUT2D eigenvalue weighted by molar-refractivity contribution is -0.153. The first-order valence-corrected chi connectivity index (χ1v) is 7.37. The zero-order valence-electron chi connectivity index (χ0n) is 12.5. The molecule has 6 heteroatoms. The van der Waals surface area contributed by atoms with Crippen LogP contribution >= 0.6 is 11.6 Å². The van der Waals surface area contributed by atoms with E-state index in [4.69, 9.17) is 21.1 Å². The van der Waals surface area contributed by atoms with Crippen LogP contribution in [-0.2, 0) is 14.3 Å². The molecule has 0 unspecified atom stereocenters. The summed E-state index contributed by atoms with van der Waals surface area (Å²) in [7, 11) is 0. The SMILES string of the molecule is C[C@H](Oc1ccccc1)C(=O)OCC(=O)Nc1ccccc1Cl. The van der Waals surface area contributed by atoms with Crippen LogP contribution < -0.4 is 10.1 Å². The van der Waals surface area contributed by atoms with Crippen molar-refractivity contribution in [3.8, 4) is 5.75 Å². The lowest BCUT2D eigenvalue weighted by atomic mass is 10.3. The predicted octanol–water partition coefficient (Wildman–Crippen LogP) is 3.29. The molecule has 23 heavy (non-hydrogen) atoms. The molecule has 1 amide bonds. The molecule has 1 atom stereocenters. The molecule has 0 aliphatic rings. The highest BCUT2D eigenvalue weighted by Gasteiger charge is 2.18. The van der Waals surface area contributed by atoms with Crippen LogP contribution in [0.5, 0.6) is 5.75 Å². The van der Waals surface area contributed by atoms with Gasteiger partial charge >= 0.3 is 5.97 Å². The fourth-order valence-electron chi connectivity index (χ4n) is 1.75. The molecule has 0 aliphatic heterocycles. The van der Waals surface area contributed by atoms with Crippen molar-refractivity contribution >= 4 is 29.2 Å². The Kier molecular flexibility index (Phi) is 6.00. The number of carbonyl (C=O) groups is 2. The number of halogens is 1. The van der Waals surface area contributed by atoms with Crippen molar-refractivity contribution in [3.63, 3.8) is 0 Å². The third kappa shape index (κ3) is 5.30. The molecule has 120 valence electrons. The van der Waals surface area contributed by atoms with Gasteiger partial charge in [-0.3, -0.25) is 4.79 Å². The Morgan fingerprint density at radius 3 is 2.43 bits per heavy atom. The molecule has 2 aromatic carbocycles. The maximum Gasteiger partial charge on any atom is 0.347 e.